The van der Waals surface area contributed by atoms with Crippen molar-refractivity contribution in [1.82, 2.24) is 9.47 Å². The molecule has 0 spiro atoms. The molecule has 0 N–H and O–H groups in total. The first-order chi connectivity index (χ1) is 13.6. The molecule has 1 amide bonds. The van der Waals surface area contributed by atoms with Crippen molar-refractivity contribution in [3.8, 4) is 5.75 Å². The topological polar surface area (TPSA) is 54.8 Å². The van der Waals surface area contributed by atoms with Crippen molar-refractivity contribution in [2.75, 3.05) is 38.2 Å². The number of carbonyl (C=O) groups excluding carboxylic acids is 1. The van der Waals surface area contributed by atoms with Crippen LogP contribution in [0, 0.1) is 6.92 Å². The normalized spacial score (nSPS) is 16.6. The molecule has 1 aromatic heterocycles. The Bertz CT molecular complexity index is 943. The van der Waals surface area contributed by atoms with E-state index in [0.717, 1.165) is 38.0 Å². The van der Waals surface area contributed by atoms with Crippen LogP contribution in [0.5, 0.6) is 5.75 Å². The molecule has 0 saturated carbocycles. The molecule has 6 heteroatoms. The van der Waals surface area contributed by atoms with Crippen LogP contribution >= 0.6 is 0 Å². The van der Waals surface area contributed by atoms with Gasteiger partial charge in [-0.3, -0.25) is 9.59 Å². The lowest BCUT2D eigenvalue weighted by atomic mass is 10.0. The minimum absolute atomic E-state index is 0.0219. The highest BCUT2D eigenvalue weighted by Gasteiger charge is 2.29. The van der Waals surface area contributed by atoms with Gasteiger partial charge in [0.2, 0.25) is 0 Å². The van der Waals surface area contributed by atoms with E-state index >= 15 is 0 Å². The summed E-state index contributed by atoms with van der Waals surface area (Å²) in [4.78, 5) is 30.0. The number of rotatable bonds is 3. The summed E-state index contributed by atoms with van der Waals surface area (Å²) in [5.41, 5.74) is 3.77. The molecule has 6 nitrogen and oxygen atoms in total. The summed E-state index contributed by atoms with van der Waals surface area (Å²) in [5.74, 6) is 0.385. The van der Waals surface area contributed by atoms with Gasteiger partial charge in [0.25, 0.3) is 11.5 Å². The third-order valence-electron chi connectivity index (χ3n) is 5.79. The molecule has 0 bridgehead atoms. The maximum absolute atomic E-state index is 13.4. The van der Waals surface area contributed by atoms with E-state index in [1.165, 1.54) is 24.4 Å². The number of nitrogens with zero attached hydrogens (tertiary/aromatic N) is 3. The molecule has 1 aromatic carbocycles. The number of anilines is 1. The van der Waals surface area contributed by atoms with E-state index in [-0.39, 0.29) is 11.5 Å². The van der Waals surface area contributed by atoms with Gasteiger partial charge in [-0.05, 0) is 43.9 Å². The first kappa shape index (κ1) is 18.6. The molecule has 2 aliphatic rings. The minimum atomic E-state index is -0.0765. The van der Waals surface area contributed by atoms with Crippen LogP contribution < -0.4 is 15.2 Å². The highest BCUT2D eigenvalue weighted by molar-refractivity contribution is 5.98. The molecule has 28 heavy (non-hydrogen) atoms. The second-order valence-corrected chi connectivity index (χ2v) is 7.60. The molecule has 4 rings (SSSR count). The number of aromatic nitrogens is 1. The van der Waals surface area contributed by atoms with Crippen LogP contribution in [0.3, 0.4) is 0 Å². The zero-order chi connectivity index (χ0) is 19.7. The van der Waals surface area contributed by atoms with Crippen molar-refractivity contribution in [1.29, 1.82) is 0 Å². The fourth-order valence-corrected chi connectivity index (χ4v) is 4.28. The van der Waals surface area contributed by atoms with E-state index < -0.39 is 0 Å². The van der Waals surface area contributed by atoms with Crippen LogP contribution in [-0.2, 0) is 13.0 Å². The molecular formula is C22H27N3O3. The Morgan fingerprint density at radius 2 is 1.82 bits per heavy atom. The zero-order valence-corrected chi connectivity index (χ0v) is 16.6. The van der Waals surface area contributed by atoms with Crippen molar-refractivity contribution in [2.24, 2.45) is 0 Å². The second-order valence-electron chi connectivity index (χ2n) is 7.60. The molecular weight excluding hydrogens is 354 g/mol. The highest BCUT2D eigenvalue weighted by atomic mass is 16.5. The average Bonchev–Trinajstić information content (AvgIpc) is 2.73. The van der Waals surface area contributed by atoms with Gasteiger partial charge < -0.3 is 19.1 Å². The second kappa shape index (κ2) is 7.70. The van der Waals surface area contributed by atoms with E-state index in [1.54, 1.807) is 4.57 Å². The number of ether oxygens (including phenoxy) is 1. The monoisotopic (exact) mass is 381 g/mol. The molecule has 1 fully saturated rings. The zero-order valence-electron chi connectivity index (χ0n) is 16.6. The number of pyridine rings is 1. The summed E-state index contributed by atoms with van der Waals surface area (Å²) in [6.45, 7) is 5.69. The van der Waals surface area contributed by atoms with Gasteiger partial charge in [-0.1, -0.05) is 12.1 Å². The lowest BCUT2D eigenvalue weighted by molar-refractivity contribution is 0.0740. The molecule has 0 unspecified atom stereocenters. The van der Waals surface area contributed by atoms with Gasteiger partial charge in [-0.2, -0.15) is 0 Å². The van der Waals surface area contributed by atoms with Crippen LogP contribution in [-0.4, -0.2) is 48.7 Å². The van der Waals surface area contributed by atoms with Gasteiger partial charge in [-0.25, -0.2) is 0 Å². The number of amides is 1. The SMILES string of the molecule is COc1cc(=O)n2c(c1C(=O)N1CCN(c3cccc(C)c3)CC1)CCCC2. The van der Waals surface area contributed by atoms with Gasteiger partial charge in [0.05, 0.1) is 7.11 Å². The van der Waals surface area contributed by atoms with Crippen molar-refractivity contribution in [2.45, 2.75) is 32.7 Å². The lowest BCUT2D eigenvalue weighted by Gasteiger charge is -2.37. The fourth-order valence-electron chi connectivity index (χ4n) is 4.28. The number of methoxy groups -OCH3 is 1. The summed E-state index contributed by atoms with van der Waals surface area (Å²) < 4.78 is 7.19. The minimum Gasteiger partial charge on any atom is -0.496 e. The predicted octanol–water partition coefficient (Wildman–Crippen LogP) is 2.46. The van der Waals surface area contributed by atoms with Gasteiger partial charge >= 0.3 is 0 Å². The number of carbonyl (C=O) groups is 1. The maximum Gasteiger partial charge on any atom is 0.259 e. The molecule has 1 saturated heterocycles. The summed E-state index contributed by atoms with van der Waals surface area (Å²) in [5, 5.41) is 0. The third kappa shape index (κ3) is 3.39. The Morgan fingerprint density at radius 1 is 1.04 bits per heavy atom. The number of piperazine rings is 1. The summed E-state index contributed by atoms with van der Waals surface area (Å²) >= 11 is 0. The first-order valence-electron chi connectivity index (χ1n) is 10.00. The van der Waals surface area contributed by atoms with Crippen molar-refractivity contribution >= 4 is 11.6 Å². The number of benzene rings is 1. The Balaban J connectivity index is 1.57. The summed E-state index contributed by atoms with van der Waals surface area (Å²) in [7, 11) is 1.53. The van der Waals surface area contributed by atoms with Crippen molar-refractivity contribution < 1.29 is 9.53 Å². The van der Waals surface area contributed by atoms with Gasteiger partial charge in [-0.15, -0.1) is 0 Å². The lowest BCUT2D eigenvalue weighted by Crippen LogP contribution is -2.49. The highest BCUT2D eigenvalue weighted by Crippen LogP contribution is 2.27. The third-order valence-corrected chi connectivity index (χ3v) is 5.79. The molecule has 0 radical (unpaired) electrons. The van der Waals surface area contributed by atoms with E-state index in [0.29, 0.717) is 30.9 Å². The van der Waals surface area contributed by atoms with Crippen LogP contribution in [0.2, 0.25) is 0 Å². The van der Waals surface area contributed by atoms with E-state index in [4.69, 9.17) is 4.74 Å². The molecule has 148 valence electrons. The number of aryl methyl sites for hydroxylation is 1. The van der Waals surface area contributed by atoms with Gasteiger partial charge in [0.1, 0.15) is 11.3 Å². The molecule has 0 aliphatic carbocycles. The van der Waals surface area contributed by atoms with Crippen LogP contribution in [0.1, 0.15) is 34.5 Å². The van der Waals surface area contributed by atoms with Crippen LogP contribution in [0.25, 0.3) is 0 Å². The quantitative estimate of drug-likeness (QED) is 0.820. The van der Waals surface area contributed by atoms with E-state index in [9.17, 15) is 9.59 Å². The van der Waals surface area contributed by atoms with E-state index in [2.05, 4.69) is 36.1 Å². The average molecular weight is 381 g/mol. The largest absolute Gasteiger partial charge is 0.496 e. The van der Waals surface area contributed by atoms with Gasteiger partial charge in [0.15, 0.2) is 0 Å². The summed E-state index contributed by atoms with van der Waals surface area (Å²) in [6.07, 6.45) is 2.72. The number of hydrogen-bond acceptors (Lipinski definition) is 4. The number of hydrogen-bond donors (Lipinski definition) is 0. The Labute approximate surface area is 165 Å². The Morgan fingerprint density at radius 3 is 2.54 bits per heavy atom. The number of fused-ring (bicyclic) bond motifs is 1. The van der Waals surface area contributed by atoms with Crippen molar-refractivity contribution in [3.05, 3.63) is 57.5 Å². The van der Waals surface area contributed by atoms with Gasteiger partial charge in [0, 0.05) is 50.2 Å². The molecule has 2 aliphatic heterocycles. The summed E-state index contributed by atoms with van der Waals surface area (Å²) in [6, 6.07) is 9.93. The Hall–Kier alpha value is -2.76. The van der Waals surface area contributed by atoms with Crippen LogP contribution in [0.4, 0.5) is 5.69 Å². The molecule has 2 aromatic rings. The first-order valence-corrected chi connectivity index (χ1v) is 10.00. The fraction of sp³-hybridized carbons (Fsp3) is 0.455. The molecule has 0 atom stereocenters. The maximum atomic E-state index is 13.4. The predicted molar refractivity (Wildman–Crippen MR) is 109 cm³/mol. The standard InChI is InChI=1S/C22H27N3O3/c1-16-6-5-7-17(14-16)23-10-12-24(13-11-23)22(27)21-18-8-3-4-9-25(18)20(26)15-19(21)28-2/h5-7,14-15H,3-4,8-13H2,1-2H3. The Kier molecular flexibility index (Phi) is 5.11. The van der Waals surface area contributed by atoms with E-state index in [1.807, 2.05) is 4.90 Å². The van der Waals surface area contributed by atoms with Crippen molar-refractivity contribution in [3.63, 3.8) is 0 Å². The van der Waals surface area contributed by atoms with Crippen LogP contribution in [0.15, 0.2) is 35.1 Å². The smallest absolute Gasteiger partial charge is 0.259 e. The molecule has 3 heterocycles.